The summed E-state index contributed by atoms with van der Waals surface area (Å²) in [7, 11) is 0. The molecule has 0 aromatic heterocycles. The Morgan fingerprint density at radius 1 is 1.09 bits per heavy atom. The molecule has 0 spiro atoms. The molecule has 0 bridgehead atoms. The number of carbonyl (C=O) groups is 1. The van der Waals surface area contributed by atoms with Crippen molar-refractivity contribution in [2.45, 2.75) is 20.5 Å². The van der Waals surface area contributed by atoms with Gasteiger partial charge in [0, 0.05) is 18.7 Å². The quantitative estimate of drug-likeness (QED) is 0.664. The number of nitrogens with zero attached hydrogens (tertiary/aromatic N) is 1. The van der Waals surface area contributed by atoms with E-state index in [4.69, 9.17) is 4.74 Å². The summed E-state index contributed by atoms with van der Waals surface area (Å²) < 4.78 is 6.79. The zero-order chi connectivity index (χ0) is 15.9. The van der Waals surface area contributed by atoms with E-state index in [0.29, 0.717) is 12.2 Å². The van der Waals surface area contributed by atoms with Crippen molar-refractivity contribution in [3.05, 3.63) is 63.2 Å². The molecule has 4 heteroatoms. The Hall–Kier alpha value is -1.56. The van der Waals surface area contributed by atoms with Crippen LogP contribution in [-0.2, 0) is 6.61 Å². The molecule has 0 aliphatic rings. The SMILES string of the molecule is CCN(CC)C(=O)c1ccc(OCc2ccccc2)c(I)c1. The van der Waals surface area contributed by atoms with E-state index in [1.54, 1.807) is 0 Å². The van der Waals surface area contributed by atoms with Gasteiger partial charge in [-0.05, 0) is 60.2 Å². The van der Waals surface area contributed by atoms with Gasteiger partial charge >= 0.3 is 0 Å². The molecule has 0 saturated carbocycles. The first-order chi connectivity index (χ1) is 10.7. The van der Waals surface area contributed by atoms with Gasteiger partial charge in [0.05, 0.1) is 3.57 Å². The molecule has 0 fully saturated rings. The first-order valence-electron chi connectivity index (χ1n) is 7.41. The molecule has 2 rings (SSSR count). The molecule has 2 aromatic carbocycles. The zero-order valence-corrected chi connectivity index (χ0v) is 15.0. The smallest absolute Gasteiger partial charge is 0.253 e. The van der Waals surface area contributed by atoms with Crippen molar-refractivity contribution in [1.29, 1.82) is 0 Å². The predicted octanol–water partition coefficient (Wildman–Crippen LogP) is 4.35. The first-order valence-corrected chi connectivity index (χ1v) is 8.49. The third-order valence-electron chi connectivity index (χ3n) is 3.47. The largest absolute Gasteiger partial charge is 0.488 e. The van der Waals surface area contributed by atoms with Crippen molar-refractivity contribution in [3.8, 4) is 5.75 Å². The van der Waals surface area contributed by atoms with E-state index < -0.39 is 0 Å². The molecular weight excluding hydrogens is 389 g/mol. The van der Waals surface area contributed by atoms with E-state index in [1.807, 2.05) is 67.3 Å². The maximum atomic E-state index is 12.3. The summed E-state index contributed by atoms with van der Waals surface area (Å²) >= 11 is 2.21. The van der Waals surface area contributed by atoms with E-state index in [1.165, 1.54) is 0 Å². The molecular formula is C18H20INO2. The van der Waals surface area contributed by atoms with Crippen LogP contribution in [0.1, 0.15) is 29.8 Å². The summed E-state index contributed by atoms with van der Waals surface area (Å²) in [4.78, 5) is 14.1. The van der Waals surface area contributed by atoms with Gasteiger partial charge in [-0.3, -0.25) is 4.79 Å². The minimum atomic E-state index is 0.0672. The van der Waals surface area contributed by atoms with E-state index in [-0.39, 0.29) is 5.91 Å². The minimum Gasteiger partial charge on any atom is -0.488 e. The van der Waals surface area contributed by atoms with Crippen molar-refractivity contribution in [3.63, 3.8) is 0 Å². The number of benzene rings is 2. The van der Waals surface area contributed by atoms with E-state index in [0.717, 1.165) is 28.0 Å². The van der Waals surface area contributed by atoms with Crippen LogP contribution in [0.4, 0.5) is 0 Å². The van der Waals surface area contributed by atoms with Gasteiger partial charge in [-0.2, -0.15) is 0 Å². The Kier molecular flexibility index (Phi) is 6.24. The highest BCUT2D eigenvalue weighted by molar-refractivity contribution is 14.1. The second-order valence-electron chi connectivity index (χ2n) is 4.90. The number of hydrogen-bond donors (Lipinski definition) is 0. The Bertz CT molecular complexity index is 624. The third kappa shape index (κ3) is 4.22. The van der Waals surface area contributed by atoms with Gasteiger partial charge in [-0.1, -0.05) is 30.3 Å². The lowest BCUT2D eigenvalue weighted by Crippen LogP contribution is -2.30. The molecule has 0 heterocycles. The number of rotatable bonds is 6. The van der Waals surface area contributed by atoms with Gasteiger partial charge in [0.25, 0.3) is 5.91 Å². The van der Waals surface area contributed by atoms with Crippen LogP contribution < -0.4 is 4.74 Å². The molecule has 0 saturated heterocycles. The molecule has 2 aromatic rings. The van der Waals surface area contributed by atoms with Crippen LogP contribution in [0.25, 0.3) is 0 Å². The van der Waals surface area contributed by atoms with Gasteiger partial charge in [0.1, 0.15) is 12.4 Å². The summed E-state index contributed by atoms with van der Waals surface area (Å²) in [6.45, 7) is 5.95. The fraction of sp³-hybridized carbons (Fsp3) is 0.278. The second-order valence-corrected chi connectivity index (χ2v) is 6.06. The number of halogens is 1. The van der Waals surface area contributed by atoms with Crippen LogP contribution in [0.3, 0.4) is 0 Å². The van der Waals surface area contributed by atoms with Crippen LogP contribution in [0, 0.1) is 3.57 Å². The molecule has 0 radical (unpaired) electrons. The molecule has 116 valence electrons. The van der Waals surface area contributed by atoms with Crippen molar-refractivity contribution in [2.24, 2.45) is 0 Å². The van der Waals surface area contributed by atoms with Crippen molar-refractivity contribution >= 4 is 28.5 Å². The molecule has 0 N–H and O–H groups in total. The Labute approximate surface area is 145 Å². The van der Waals surface area contributed by atoms with E-state index in [9.17, 15) is 4.79 Å². The Morgan fingerprint density at radius 2 is 1.77 bits per heavy atom. The summed E-state index contributed by atoms with van der Waals surface area (Å²) in [6, 6.07) is 15.6. The molecule has 0 atom stereocenters. The van der Waals surface area contributed by atoms with Crippen molar-refractivity contribution in [1.82, 2.24) is 4.90 Å². The second kappa shape index (κ2) is 8.17. The lowest BCUT2D eigenvalue weighted by Gasteiger charge is -2.19. The molecule has 3 nitrogen and oxygen atoms in total. The van der Waals surface area contributed by atoms with Crippen LogP contribution in [0.5, 0.6) is 5.75 Å². The van der Waals surface area contributed by atoms with Gasteiger partial charge < -0.3 is 9.64 Å². The van der Waals surface area contributed by atoms with Crippen LogP contribution >= 0.6 is 22.6 Å². The first kappa shape index (κ1) is 16.8. The van der Waals surface area contributed by atoms with Crippen molar-refractivity contribution < 1.29 is 9.53 Å². The topological polar surface area (TPSA) is 29.5 Å². The molecule has 0 aliphatic carbocycles. The van der Waals surface area contributed by atoms with Gasteiger partial charge in [0.2, 0.25) is 0 Å². The fourth-order valence-electron chi connectivity index (χ4n) is 2.18. The average Bonchev–Trinajstić information content (AvgIpc) is 2.55. The maximum Gasteiger partial charge on any atom is 0.253 e. The molecule has 1 amide bonds. The van der Waals surface area contributed by atoms with Gasteiger partial charge in [-0.15, -0.1) is 0 Å². The summed E-state index contributed by atoms with van der Waals surface area (Å²) in [5.41, 5.74) is 1.83. The number of amides is 1. The summed E-state index contributed by atoms with van der Waals surface area (Å²) in [5.74, 6) is 0.873. The van der Waals surface area contributed by atoms with Gasteiger partial charge in [-0.25, -0.2) is 0 Å². The highest BCUT2D eigenvalue weighted by Gasteiger charge is 2.14. The lowest BCUT2D eigenvalue weighted by atomic mass is 10.2. The highest BCUT2D eigenvalue weighted by Crippen LogP contribution is 2.24. The predicted molar refractivity (Wildman–Crippen MR) is 97.2 cm³/mol. The van der Waals surface area contributed by atoms with Crippen molar-refractivity contribution in [2.75, 3.05) is 13.1 Å². The van der Waals surface area contributed by atoms with Gasteiger partial charge in [0.15, 0.2) is 0 Å². The summed E-state index contributed by atoms with van der Waals surface area (Å²) in [6.07, 6.45) is 0. The normalized spacial score (nSPS) is 10.3. The minimum absolute atomic E-state index is 0.0672. The number of ether oxygens (including phenoxy) is 1. The number of carbonyl (C=O) groups excluding carboxylic acids is 1. The molecule has 22 heavy (non-hydrogen) atoms. The summed E-state index contributed by atoms with van der Waals surface area (Å²) in [5, 5.41) is 0. The van der Waals surface area contributed by atoms with E-state index >= 15 is 0 Å². The number of hydrogen-bond acceptors (Lipinski definition) is 2. The molecule has 0 unspecified atom stereocenters. The Balaban J connectivity index is 2.08. The zero-order valence-electron chi connectivity index (χ0n) is 12.9. The molecule has 0 aliphatic heterocycles. The average molecular weight is 409 g/mol. The highest BCUT2D eigenvalue weighted by atomic mass is 127. The maximum absolute atomic E-state index is 12.3. The van der Waals surface area contributed by atoms with Crippen LogP contribution in [0.15, 0.2) is 48.5 Å². The monoisotopic (exact) mass is 409 g/mol. The fourth-order valence-corrected chi connectivity index (χ4v) is 2.85. The van der Waals surface area contributed by atoms with Crippen LogP contribution in [0.2, 0.25) is 0 Å². The standard InChI is InChI=1S/C18H20INO2/c1-3-20(4-2)18(21)15-10-11-17(16(19)12-15)22-13-14-8-6-5-7-9-14/h5-12H,3-4,13H2,1-2H3. The third-order valence-corrected chi connectivity index (χ3v) is 4.31. The lowest BCUT2D eigenvalue weighted by molar-refractivity contribution is 0.0773. The van der Waals surface area contributed by atoms with Crippen LogP contribution in [-0.4, -0.2) is 23.9 Å². The Morgan fingerprint density at radius 3 is 2.36 bits per heavy atom. The van der Waals surface area contributed by atoms with E-state index in [2.05, 4.69) is 22.6 Å².